The van der Waals surface area contributed by atoms with Crippen LogP contribution in [0.1, 0.15) is 5.56 Å². The summed E-state index contributed by atoms with van der Waals surface area (Å²) < 4.78 is 98.4. The number of carbonyl (C=O) groups excluding carboxylic acids is 1. The Balaban J connectivity index is 3.08. The average molecular weight is 342 g/mol. The number of nitrogens with one attached hydrogen (secondary N) is 1. The van der Waals surface area contributed by atoms with E-state index in [1.165, 1.54) is 0 Å². The van der Waals surface area contributed by atoms with Crippen molar-refractivity contribution in [2.45, 2.75) is 18.3 Å². The van der Waals surface area contributed by atoms with Crippen molar-refractivity contribution in [2.24, 2.45) is 0 Å². The number of amides is 1. The fourth-order valence-electron chi connectivity index (χ4n) is 1.16. The normalized spacial score (nSPS) is 13.2. The van der Waals surface area contributed by atoms with Crippen molar-refractivity contribution in [1.82, 2.24) is 0 Å². The van der Waals surface area contributed by atoms with Gasteiger partial charge < -0.3 is 5.32 Å². The molecular formula is C10H4ClF8NO. The molecule has 0 spiro atoms. The summed E-state index contributed by atoms with van der Waals surface area (Å²) >= 11 is 5.22. The Morgan fingerprint density at radius 1 is 1.00 bits per heavy atom. The van der Waals surface area contributed by atoms with Crippen LogP contribution in [0.3, 0.4) is 0 Å². The van der Waals surface area contributed by atoms with Crippen molar-refractivity contribution >= 4 is 23.2 Å². The van der Waals surface area contributed by atoms with E-state index in [1.807, 2.05) is 0 Å². The van der Waals surface area contributed by atoms with E-state index in [1.54, 1.807) is 0 Å². The maximum absolute atomic E-state index is 12.6. The quantitative estimate of drug-likeness (QED) is 0.789. The largest absolute Gasteiger partial charge is 0.463 e. The van der Waals surface area contributed by atoms with E-state index in [0.29, 0.717) is 12.1 Å². The monoisotopic (exact) mass is 341 g/mol. The van der Waals surface area contributed by atoms with Crippen LogP contribution in [0.25, 0.3) is 0 Å². The van der Waals surface area contributed by atoms with Gasteiger partial charge in [-0.3, -0.25) is 4.79 Å². The van der Waals surface area contributed by atoms with E-state index in [0.717, 1.165) is 5.32 Å². The third kappa shape index (κ3) is 3.74. The van der Waals surface area contributed by atoms with Gasteiger partial charge in [0.15, 0.2) is 0 Å². The molecule has 0 heterocycles. The number of halogens is 9. The van der Waals surface area contributed by atoms with Crippen LogP contribution < -0.4 is 5.32 Å². The second-order valence-corrected chi connectivity index (χ2v) is 4.13. The average Bonchev–Trinajstić information content (AvgIpc) is 2.28. The predicted octanol–water partition coefficient (Wildman–Crippen LogP) is 4.49. The lowest BCUT2D eigenvalue weighted by Crippen LogP contribution is -2.47. The number of hydrogen-bond donors (Lipinski definition) is 1. The van der Waals surface area contributed by atoms with E-state index in [2.05, 4.69) is 0 Å². The molecule has 0 aliphatic rings. The zero-order valence-electron chi connectivity index (χ0n) is 9.54. The topological polar surface area (TPSA) is 29.1 Å². The minimum atomic E-state index is -6.17. The lowest BCUT2D eigenvalue weighted by atomic mass is 10.2. The van der Waals surface area contributed by atoms with Gasteiger partial charge in [0.05, 0.1) is 10.6 Å². The molecule has 1 amide bonds. The zero-order chi connectivity index (χ0) is 16.6. The molecule has 1 N–H and O–H groups in total. The van der Waals surface area contributed by atoms with Gasteiger partial charge in [0.25, 0.3) is 0 Å². The molecule has 1 aromatic rings. The molecule has 0 aliphatic carbocycles. The summed E-state index contributed by atoms with van der Waals surface area (Å²) in [5.41, 5.74) is -2.39. The molecule has 0 saturated heterocycles. The molecule has 1 aromatic carbocycles. The summed E-state index contributed by atoms with van der Waals surface area (Å²) in [6, 6.07) is 1.40. The smallest absolute Gasteiger partial charge is 0.321 e. The summed E-state index contributed by atoms with van der Waals surface area (Å²) in [7, 11) is 0. The standard InChI is InChI=1S/C10H4ClF8NO/c11-6-2-1-4(3-5(6)9(14,15)16)20-7(21)8(12,13)10(17,18)19/h1-3H,(H,20,21). The van der Waals surface area contributed by atoms with Gasteiger partial charge in [-0.05, 0) is 18.2 Å². The van der Waals surface area contributed by atoms with Gasteiger partial charge in [-0.1, -0.05) is 11.6 Å². The minimum absolute atomic E-state index is 0.146. The first-order valence-corrected chi connectivity index (χ1v) is 5.27. The molecular weight excluding hydrogens is 338 g/mol. The molecule has 0 aliphatic heterocycles. The highest BCUT2D eigenvalue weighted by atomic mass is 35.5. The van der Waals surface area contributed by atoms with E-state index >= 15 is 0 Å². The highest BCUT2D eigenvalue weighted by Gasteiger charge is 2.63. The number of anilines is 1. The Labute approximate surface area is 116 Å². The second kappa shape index (κ2) is 5.32. The van der Waals surface area contributed by atoms with Gasteiger partial charge in [-0.25, -0.2) is 0 Å². The van der Waals surface area contributed by atoms with Crippen LogP contribution >= 0.6 is 11.6 Å². The zero-order valence-corrected chi connectivity index (χ0v) is 10.3. The van der Waals surface area contributed by atoms with Crippen LogP contribution in [-0.4, -0.2) is 18.0 Å². The number of rotatable bonds is 2. The molecule has 0 bridgehead atoms. The predicted molar refractivity (Wildman–Crippen MR) is 56.1 cm³/mol. The van der Waals surface area contributed by atoms with Crippen molar-refractivity contribution in [3.8, 4) is 0 Å². The lowest BCUT2D eigenvalue weighted by Gasteiger charge is -2.19. The first-order chi connectivity index (χ1) is 9.26. The van der Waals surface area contributed by atoms with Crippen molar-refractivity contribution in [1.29, 1.82) is 0 Å². The van der Waals surface area contributed by atoms with Crippen molar-refractivity contribution in [3.05, 3.63) is 28.8 Å². The van der Waals surface area contributed by atoms with Gasteiger partial charge in [-0.2, -0.15) is 35.1 Å². The van der Waals surface area contributed by atoms with Crippen LogP contribution in [0, 0.1) is 0 Å². The summed E-state index contributed by atoms with van der Waals surface area (Å²) in [4.78, 5) is 10.8. The van der Waals surface area contributed by atoms with Crippen LogP contribution in [-0.2, 0) is 11.0 Å². The highest BCUT2D eigenvalue weighted by Crippen LogP contribution is 2.38. The van der Waals surface area contributed by atoms with Crippen LogP contribution in [0.15, 0.2) is 18.2 Å². The van der Waals surface area contributed by atoms with E-state index in [9.17, 15) is 39.9 Å². The first-order valence-electron chi connectivity index (χ1n) is 4.89. The molecule has 1 rings (SSSR count). The van der Waals surface area contributed by atoms with Gasteiger partial charge >= 0.3 is 24.2 Å². The molecule has 11 heteroatoms. The lowest BCUT2D eigenvalue weighted by molar-refractivity contribution is -0.267. The molecule has 0 radical (unpaired) electrons. The maximum Gasteiger partial charge on any atom is 0.463 e. The summed E-state index contributed by atoms with van der Waals surface area (Å²) in [6.45, 7) is 0. The molecule has 0 atom stereocenters. The van der Waals surface area contributed by atoms with Crippen molar-refractivity contribution in [3.63, 3.8) is 0 Å². The molecule has 0 aromatic heterocycles. The fraction of sp³-hybridized carbons (Fsp3) is 0.300. The summed E-state index contributed by atoms with van der Waals surface area (Å²) in [6.07, 6.45) is -11.1. The summed E-state index contributed by atoms with van der Waals surface area (Å²) in [5.74, 6) is -8.55. The second-order valence-electron chi connectivity index (χ2n) is 3.72. The third-order valence-electron chi connectivity index (χ3n) is 2.17. The number of alkyl halides is 8. The summed E-state index contributed by atoms with van der Waals surface area (Å²) in [5, 5.41) is 0.258. The minimum Gasteiger partial charge on any atom is -0.321 e. The van der Waals surface area contributed by atoms with Gasteiger partial charge in [0.1, 0.15) is 0 Å². The van der Waals surface area contributed by atoms with Crippen LogP contribution in [0.2, 0.25) is 5.02 Å². The van der Waals surface area contributed by atoms with E-state index < -0.39 is 40.5 Å². The number of carbonyl (C=O) groups is 1. The Morgan fingerprint density at radius 2 is 1.52 bits per heavy atom. The Bertz CT molecular complexity index is 551. The molecule has 2 nitrogen and oxygen atoms in total. The molecule has 0 unspecified atom stereocenters. The van der Waals surface area contributed by atoms with E-state index in [-0.39, 0.29) is 6.07 Å². The Hall–Kier alpha value is -1.58. The molecule has 118 valence electrons. The Morgan fingerprint density at radius 3 is 1.95 bits per heavy atom. The van der Waals surface area contributed by atoms with E-state index in [4.69, 9.17) is 11.6 Å². The highest BCUT2D eigenvalue weighted by molar-refractivity contribution is 6.31. The third-order valence-corrected chi connectivity index (χ3v) is 2.50. The van der Waals surface area contributed by atoms with Crippen LogP contribution in [0.4, 0.5) is 40.8 Å². The molecule has 0 fully saturated rings. The number of hydrogen-bond acceptors (Lipinski definition) is 1. The Kier molecular flexibility index (Phi) is 4.42. The molecule has 0 saturated carbocycles. The fourth-order valence-corrected chi connectivity index (χ4v) is 1.38. The first kappa shape index (κ1) is 17.5. The maximum atomic E-state index is 12.6. The van der Waals surface area contributed by atoms with Gasteiger partial charge in [0.2, 0.25) is 0 Å². The van der Waals surface area contributed by atoms with Gasteiger partial charge in [0, 0.05) is 5.69 Å². The van der Waals surface area contributed by atoms with Crippen molar-refractivity contribution in [2.75, 3.05) is 5.32 Å². The number of benzene rings is 1. The van der Waals surface area contributed by atoms with Crippen LogP contribution in [0.5, 0.6) is 0 Å². The van der Waals surface area contributed by atoms with Crippen molar-refractivity contribution < 1.29 is 39.9 Å². The molecule has 21 heavy (non-hydrogen) atoms. The van der Waals surface area contributed by atoms with Gasteiger partial charge in [-0.15, -0.1) is 0 Å². The SMILES string of the molecule is O=C(Nc1ccc(Cl)c(C(F)(F)F)c1)C(F)(F)C(F)(F)F.